The largest absolute Gasteiger partial charge is 0.383 e. The van der Waals surface area contributed by atoms with Crippen molar-refractivity contribution >= 4 is 39.7 Å². The molecule has 5 heteroatoms. The summed E-state index contributed by atoms with van der Waals surface area (Å²) in [6.45, 7) is 0. The van der Waals surface area contributed by atoms with E-state index in [4.69, 9.17) is 5.73 Å². The number of nitrogens with two attached hydrogens (primary N) is 1. The zero-order valence-corrected chi connectivity index (χ0v) is 9.97. The van der Waals surface area contributed by atoms with Crippen LogP contribution in [0.3, 0.4) is 0 Å². The maximum Gasteiger partial charge on any atom is 0.135 e. The summed E-state index contributed by atoms with van der Waals surface area (Å²) in [5, 5.41) is 2.33. The van der Waals surface area contributed by atoms with Crippen molar-refractivity contribution in [3.63, 3.8) is 0 Å². The van der Waals surface area contributed by atoms with Crippen LogP contribution in [0.15, 0.2) is 23.6 Å². The van der Waals surface area contributed by atoms with Gasteiger partial charge in [0.1, 0.15) is 16.6 Å². The molecular weight excluding hydrogens is 314 g/mol. The molecule has 0 aliphatic rings. The van der Waals surface area contributed by atoms with Crippen LogP contribution in [0.5, 0.6) is 0 Å². The van der Waals surface area contributed by atoms with E-state index in [1.807, 2.05) is 0 Å². The SMILES string of the molecule is Nc1csc(-c2cc(I)ccc2F)n1. The summed E-state index contributed by atoms with van der Waals surface area (Å²) in [6, 6.07) is 4.92. The lowest BCUT2D eigenvalue weighted by Gasteiger charge is -1.99. The number of nitrogens with zero attached hydrogens (tertiary/aromatic N) is 1. The average Bonchev–Trinajstić information content (AvgIpc) is 2.56. The van der Waals surface area contributed by atoms with Crippen molar-refractivity contribution in [1.82, 2.24) is 4.98 Å². The van der Waals surface area contributed by atoms with Crippen molar-refractivity contribution < 1.29 is 4.39 Å². The van der Waals surface area contributed by atoms with Crippen LogP contribution in [0.25, 0.3) is 10.6 Å². The Bertz CT molecular complexity index is 470. The fourth-order valence-corrected chi connectivity index (χ4v) is 2.29. The third-order valence-corrected chi connectivity index (χ3v) is 3.25. The fourth-order valence-electron chi connectivity index (χ4n) is 1.07. The van der Waals surface area contributed by atoms with Gasteiger partial charge in [-0.25, -0.2) is 9.37 Å². The molecule has 0 saturated carbocycles. The van der Waals surface area contributed by atoms with Gasteiger partial charge in [-0.1, -0.05) is 0 Å². The molecule has 0 bridgehead atoms. The van der Waals surface area contributed by atoms with E-state index in [1.165, 1.54) is 17.4 Å². The Kier molecular flexibility index (Phi) is 2.69. The highest BCUT2D eigenvalue weighted by molar-refractivity contribution is 14.1. The summed E-state index contributed by atoms with van der Waals surface area (Å²) in [4.78, 5) is 4.04. The van der Waals surface area contributed by atoms with Gasteiger partial charge in [-0.3, -0.25) is 0 Å². The predicted molar refractivity (Wildman–Crippen MR) is 64.6 cm³/mol. The number of thiazole rings is 1. The van der Waals surface area contributed by atoms with Crippen molar-refractivity contribution in [2.75, 3.05) is 5.73 Å². The van der Waals surface area contributed by atoms with E-state index < -0.39 is 0 Å². The van der Waals surface area contributed by atoms with Gasteiger partial charge in [-0.2, -0.15) is 0 Å². The lowest BCUT2D eigenvalue weighted by atomic mass is 10.2. The van der Waals surface area contributed by atoms with Gasteiger partial charge in [-0.15, -0.1) is 11.3 Å². The minimum atomic E-state index is -0.264. The van der Waals surface area contributed by atoms with E-state index >= 15 is 0 Å². The van der Waals surface area contributed by atoms with E-state index in [9.17, 15) is 4.39 Å². The number of hydrogen-bond donors (Lipinski definition) is 1. The summed E-state index contributed by atoms with van der Waals surface area (Å²) < 4.78 is 14.4. The van der Waals surface area contributed by atoms with Crippen LogP contribution in [0, 0.1) is 9.39 Å². The van der Waals surface area contributed by atoms with Crippen molar-refractivity contribution in [3.05, 3.63) is 33.0 Å². The zero-order chi connectivity index (χ0) is 10.1. The van der Waals surface area contributed by atoms with Crippen LogP contribution in [0.1, 0.15) is 0 Å². The van der Waals surface area contributed by atoms with Crippen molar-refractivity contribution in [2.24, 2.45) is 0 Å². The molecule has 2 N–H and O–H groups in total. The van der Waals surface area contributed by atoms with E-state index in [-0.39, 0.29) is 5.82 Å². The van der Waals surface area contributed by atoms with Crippen LogP contribution in [-0.4, -0.2) is 4.98 Å². The molecule has 0 atom stereocenters. The number of hydrogen-bond acceptors (Lipinski definition) is 3. The third-order valence-electron chi connectivity index (χ3n) is 1.68. The molecule has 1 aromatic heterocycles. The molecular formula is C9H6FIN2S. The summed E-state index contributed by atoms with van der Waals surface area (Å²) in [5.74, 6) is 0.169. The number of aromatic nitrogens is 1. The van der Waals surface area contributed by atoms with Gasteiger partial charge < -0.3 is 5.73 Å². The molecule has 0 fully saturated rings. The molecule has 0 radical (unpaired) electrons. The van der Waals surface area contributed by atoms with Crippen LogP contribution in [0.4, 0.5) is 10.2 Å². The fraction of sp³-hybridized carbons (Fsp3) is 0. The maximum atomic E-state index is 13.4. The average molecular weight is 320 g/mol. The Labute approximate surface area is 98.1 Å². The van der Waals surface area contributed by atoms with Gasteiger partial charge in [0.05, 0.1) is 0 Å². The first kappa shape index (κ1) is 9.85. The van der Waals surface area contributed by atoms with Crippen LogP contribution >= 0.6 is 33.9 Å². The molecule has 0 aliphatic carbocycles. The normalized spacial score (nSPS) is 10.4. The second kappa shape index (κ2) is 3.82. The van der Waals surface area contributed by atoms with E-state index in [2.05, 4.69) is 27.6 Å². The Morgan fingerprint density at radius 2 is 2.21 bits per heavy atom. The standard InChI is InChI=1S/C9H6FIN2S/c10-7-2-1-5(11)3-6(7)9-13-8(12)4-14-9/h1-4H,12H2. The second-order valence-electron chi connectivity index (χ2n) is 2.70. The summed E-state index contributed by atoms with van der Waals surface area (Å²) in [7, 11) is 0. The summed E-state index contributed by atoms with van der Waals surface area (Å²) in [5.41, 5.74) is 5.99. The first-order valence-electron chi connectivity index (χ1n) is 3.83. The predicted octanol–water partition coefficient (Wildman–Crippen LogP) is 3.14. The minimum absolute atomic E-state index is 0.264. The number of nitrogen functional groups attached to an aromatic ring is 1. The highest BCUT2D eigenvalue weighted by Crippen LogP contribution is 2.28. The number of halogens is 2. The zero-order valence-electron chi connectivity index (χ0n) is 7.00. The molecule has 1 heterocycles. The Morgan fingerprint density at radius 3 is 2.86 bits per heavy atom. The van der Waals surface area contributed by atoms with E-state index in [1.54, 1.807) is 17.5 Å². The molecule has 14 heavy (non-hydrogen) atoms. The van der Waals surface area contributed by atoms with Crippen LogP contribution in [0.2, 0.25) is 0 Å². The van der Waals surface area contributed by atoms with Gasteiger partial charge in [-0.05, 0) is 40.8 Å². The highest BCUT2D eigenvalue weighted by Gasteiger charge is 2.08. The van der Waals surface area contributed by atoms with E-state index in [0.29, 0.717) is 16.4 Å². The molecule has 0 aliphatic heterocycles. The lowest BCUT2D eigenvalue weighted by molar-refractivity contribution is 0.631. The van der Waals surface area contributed by atoms with Crippen molar-refractivity contribution in [3.8, 4) is 10.6 Å². The molecule has 0 unspecified atom stereocenters. The third kappa shape index (κ3) is 1.88. The van der Waals surface area contributed by atoms with Gasteiger partial charge in [0, 0.05) is 14.5 Å². The van der Waals surface area contributed by atoms with Gasteiger partial charge >= 0.3 is 0 Å². The Balaban J connectivity index is 2.55. The second-order valence-corrected chi connectivity index (χ2v) is 4.81. The molecule has 0 amide bonds. The molecule has 2 aromatic rings. The molecule has 1 aromatic carbocycles. The van der Waals surface area contributed by atoms with E-state index in [0.717, 1.165) is 3.57 Å². The molecule has 72 valence electrons. The van der Waals surface area contributed by atoms with Crippen LogP contribution in [-0.2, 0) is 0 Å². The molecule has 0 saturated heterocycles. The molecule has 0 spiro atoms. The molecule has 2 nitrogen and oxygen atoms in total. The minimum Gasteiger partial charge on any atom is -0.383 e. The van der Waals surface area contributed by atoms with Crippen LogP contribution < -0.4 is 5.73 Å². The first-order valence-corrected chi connectivity index (χ1v) is 5.79. The topological polar surface area (TPSA) is 38.9 Å². The van der Waals surface area contributed by atoms with Gasteiger partial charge in [0.2, 0.25) is 0 Å². The van der Waals surface area contributed by atoms with Crippen molar-refractivity contribution in [1.29, 1.82) is 0 Å². The maximum absolute atomic E-state index is 13.4. The number of anilines is 1. The monoisotopic (exact) mass is 320 g/mol. The highest BCUT2D eigenvalue weighted by atomic mass is 127. The number of benzene rings is 1. The lowest BCUT2D eigenvalue weighted by Crippen LogP contribution is -1.87. The summed E-state index contributed by atoms with van der Waals surface area (Å²) in [6.07, 6.45) is 0. The van der Waals surface area contributed by atoms with Gasteiger partial charge in [0.25, 0.3) is 0 Å². The number of rotatable bonds is 1. The Morgan fingerprint density at radius 1 is 1.43 bits per heavy atom. The summed E-state index contributed by atoms with van der Waals surface area (Å²) >= 11 is 3.48. The molecule has 2 rings (SSSR count). The van der Waals surface area contributed by atoms with Gasteiger partial charge in [0.15, 0.2) is 0 Å². The Hall–Kier alpha value is -0.690. The first-order chi connectivity index (χ1) is 6.66. The quantitative estimate of drug-likeness (QED) is 0.820. The van der Waals surface area contributed by atoms with Crippen molar-refractivity contribution in [2.45, 2.75) is 0 Å². The smallest absolute Gasteiger partial charge is 0.135 e.